The molecule has 0 spiro atoms. The molecule has 1 saturated heterocycles. The van der Waals surface area contributed by atoms with Gasteiger partial charge in [0, 0.05) is 26.4 Å². The van der Waals surface area contributed by atoms with Crippen LogP contribution in [0, 0.1) is 12.3 Å². The molecule has 0 aromatic carbocycles. The van der Waals surface area contributed by atoms with Gasteiger partial charge in [0.05, 0.1) is 0 Å². The van der Waals surface area contributed by atoms with Crippen molar-refractivity contribution in [3.63, 3.8) is 0 Å². The Morgan fingerprint density at radius 1 is 1.58 bits per heavy atom. The molecule has 0 unspecified atom stereocenters. The number of amides is 2. The Kier molecular flexibility index (Phi) is 2.68. The quantitative estimate of drug-likeness (QED) is 0.621. The van der Waals surface area contributed by atoms with Crippen LogP contribution < -0.4 is 5.73 Å². The Labute approximate surface area is 71.7 Å². The lowest BCUT2D eigenvalue weighted by molar-refractivity contribution is -0.135. The van der Waals surface area contributed by atoms with Gasteiger partial charge in [-0.25, -0.2) is 0 Å². The van der Waals surface area contributed by atoms with Crippen molar-refractivity contribution >= 4 is 11.8 Å². The summed E-state index contributed by atoms with van der Waals surface area (Å²) < 4.78 is 0. The Bertz CT molecular complexity index is 194. The Balaban J connectivity index is 2.10. The summed E-state index contributed by atoms with van der Waals surface area (Å²) in [6.07, 6.45) is 2.17. The Morgan fingerprint density at radius 3 is 2.58 bits per heavy atom. The standard InChI is InChI=1S/C8H13N2O2/c1-6(11)10-4-7(5-10)2-3-8(9)12/h3,7H,2,4-5H2,1H3,(H2,9,12). The van der Waals surface area contributed by atoms with Crippen LogP contribution in [0.4, 0.5) is 0 Å². The molecule has 0 aliphatic carbocycles. The van der Waals surface area contributed by atoms with Gasteiger partial charge in [-0.2, -0.15) is 0 Å². The molecular formula is C8H13N2O2. The highest BCUT2D eigenvalue weighted by molar-refractivity contribution is 5.82. The SMILES string of the molecule is CC(=O)N1CC(C[CH]C(N)=O)C1. The number of likely N-dealkylation sites (tertiary alicyclic amines) is 1. The fourth-order valence-electron chi connectivity index (χ4n) is 1.26. The highest BCUT2D eigenvalue weighted by Gasteiger charge is 2.28. The molecule has 1 aliphatic heterocycles. The van der Waals surface area contributed by atoms with Crippen molar-refractivity contribution in [1.29, 1.82) is 0 Å². The molecule has 2 amide bonds. The zero-order chi connectivity index (χ0) is 9.14. The predicted octanol–water partition coefficient (Wildman–Crippen LogP) is -0.456. The molecule has 0 atom stereocenters. The van der Waals surface area contributed by atoms with Crippen molar-refractivity contribution in [2.24, 2.45) is 11.7 Å². The summed E-state index contributed by atoms with van der Waals surface area (Å²) in [5, 5.41) is 0. The molecule has 0 bridgehead atoms. The van der Waals surface area contributed by atoms with E-state index in [9.17, 15) is 9.59 Å². The minimum Gasteiger partial charge on any atom is -0.369 e. The van der Waals surface area contributed by atoms with E-state index in [0.29, 0.717) is 12.3 Å². The van der Waals surface area contributed by atoms with Crippen molar-refractivity contribution in [2.45, 2.75) is 13.3 Å². The third-order valence-corrected chi connectivity index (χ3v) is 2.05. The first-order chi connectivity index (χ1) is 5.59. The van der Waals surface area contributed by atoms with E-state index >= 15 is 0 Å². The van der Waals surface area contributed by atoms with Crippen LogP contribution in [0.15, 0.2) is 0 Å². The maximum absolute atomic E-state index is 10.7. The maximum atomic E-state index is 10.7. The van der Waals surface area contributed by atoms with Gasteiger partial charge in [-0.05, 0) is 12.3 Å². The van der Waals surface area contributed by atoms with Crippen LogP contribution in [-0.2, 0) is 9.59 Å². The van der Waals surface area contributed by atoms with E-state index in [4.69, 9.17) is 5.73 Å². The molecule has 1 fully saturated rings. The van der Waals surface area contributed by atoms with Gasteiger partial charge in [-0.3, -0.25) is 9.59 Å². The first-order valence-electron chi connectivity index (χ1n) is 3.97. The van der Waals surface area contributed by atoms with E-state index in [1.54, 1.807) is 11.8 Å². The van der Waals surface area contributed by atoms with Crippen LogP contribution in [0.2, 0.25) is 0 Å². The van der Waals surface area contributed by atoms with Crippen molar-refractivity contribution in [2.75, 3.05) is 13.1 Å². The minimum atomic E-state index is -0.378. The smallest absolute Gasteiger partial charge is 0.221 e. The van der Waals surface area contributed by atoms with Crippen molar-refractivity contribution < 1.29 is 9.59 Å². The van der Waals surface area contributed by atoms with Gasteiger partial charge in [0.2, 0.25) is 11.8 Å². The summed E-state index contributed by atoms with van der Waals surface area (Å²) in [4.78, 5) is 22.8. The molecule has 4 nitrogen and oxygen atoms in total. The minimum absolute atomic E-state index is 0.102. The topological polar surface area (TPSA) is 63.4 Å². The maximum Gasteiger partial charge on any atom is 0.221 e. The summed E-state index contributed by atoms with van der Waals surface area (Å²) >= 11 is 0. The van der Waals surface area contributed by atoms with Gasteiger partial charge in [-0.15, -0.1) is 0 Å². The number of nitrogens with zero attached hydrogens (tertiary/aromatic N) is 1. The van der Waals surface area contributed by atoms with Gasteiger partial charge < -0.3 is 10.6 Å². The van der Waals surface area contributed by atoms with Gasteiger partial charge in [0.15, 0.2) is 0 Å². The molecule has 67 valence electrons. The monoisotopic (exact) mass is 169 g/mol. The van der Waals surface area contributed by atoms with E-state index in [1.165, 1.54) is 6.42 Å². The van der Waals surface area contributed by atoms with Crippen molar-refractivity contribution in [3.05, 3.63) is 6.42 Å². The van der Waals surface area contributed by atoms with Crippen LogP contribution in [0.25, 0.3) is 0 Å². The fourth-order valence-corrected chi connectivity index (χ4v) is 1.26. The third-order valence-electron chi connectivity index (χ3n) is 2.05. The molecular weight excluding hydrogens is 156 g/mol. The summed E-state index contributed by atoms with van der Waals surface area (Å²) in [5.74, 6) is 0.156. The number of rotatable bonds is 3. The summed E-state index contributed by atoms with van der Waals surface area (Å²) in [7, 11) is 0. The van der Waals surface area contributed by atoms with Crippen LogP contribution >= 0.6 is 0 Å². The molecule has 1 rings (SSSR count). The lowest BCUT2D eigenvalue weighted by Crippen LogP contribution is -2.49. The zero-order valence-electron chi connectivity index (χ0n) is 7.12. The highest BCUT2D eigenvalue weighted by Crippen LogP contribution is 2.19. The summed E-state index contributed by atoms with van der Waals surface area (Å²) in [6.45, 7) is 3.08. The van der Waals surface area contributed by atoms with E-state index in [2.05, 4.69) is 0 Å². The number of primary amides is 1. The molecule has 0 aromatic heterocycles. The third kappa shape index (κ3) is 2.22. The molecule has 12 heavy (non-hydrogen) atoms. The number of nitrogens with two attached hydrogens (primary N) is 1. The lowest BCUT2D eigenvalue weighted by atomic mass is 9.94. The van der Waals surface area contributed by atoms with E-state index < -0.39 is 0 Å². The predicted molar refractivity (Wildman–Crippen MR) is 43.9 cm³/mol. The largest absolute Gasteiger partial charge is 0.369 e. The average molecular weight is 169 g/mol. The molecule has 1 heterocycles. The van der Waals surface area contributed by atoms with Crippen molar-refractivity contribution in [3.8, 4) is 0 Å². The number of carbonyl (C=O) groups is 2. The molecule has 4 heteroatoms. The van der Waals surface area contributed by atoms with E-state index in [-0.39, 0.29) is 11.8 Å². The average Bonchev–Trinajstić information content (AvgIpc) is 1.82. The van der Waals surface area contributed by atoms with Crippen LogP contribution in [-0.4, -0.2) is 29.8 Å². The number of hydrogen-bond donors (Lipinski definition) is 1. The first-order valence-corrected chi connectivity index (χ1v) is 3.97. The molecule has 2 N–H and O–H groups in total. The van der Waals surface area contributed by atoms with Gasteiger partial charge in [0.25, 0.3) is 0 Å². The second-order valence-corrected chi connectivity index (χ2v) is 3.13. The first kappa shape index (κ1) is 9.03. The van der Waals surface area contributed by atoms with Gasteiger partial charge in [-0.1, -0.05) is 0 Å². The van der Waals surface area contributed by atoms with Crippen molar-refractivity contribution in [1.82, 2.24) is 4.90 Å². The van der Waals surface area contributed by atoms with Crippen LogP contribution in [0.1, 0.15) is 13.3 Å². The zero-order valence-corrected chi connectivity index (χ0v) is 7.12. The van der Waals surface area contributed by atoms with E-state index in [0.717, 1.165) is 13.1 Å². The summed E-state index contributed by atoms with van der Waals surface area (Å²) in [6, 6.07) is 0. The van der Waals surface area contributed by atoms with Gasteiger partial charge >= 0.3 is 0 Å². The van der Waals surface area contributed by atoms with Crippen LogP contribution in [0.5, 0.6) is 0 Å². The molecule has 0 aromatic rings. The second-order valence-electron chi connectivity index (χ2n) is 3.13. The van der Waals surface area contributed by atoms with Crippen LogP contribution in [0.3, 0.4) is 0 Å². The number of carbonyl (C=O) groups excluding carboxylic acids is 2. The molecule has 1 radical (unpaired) electrons. The molecule has 1 aliphatic rings. The fraction of sp³-hybridized carbons (Fsp3) is 0.625. The van der Waals surface area contributed by atoms with Gasteiger partial charge in [0.1, 0.15) is 0 Å². The molecule has 0 saturated carbocycles. The lowest BCUT2D eigenvalue weighted by Gasteiger charge is -2.38. The second kappa shape index (κ2) is 3.56. The summed E-state index contributed by atoms with van der Waals surface area (Å²) in [5.41, 5.74) is 4.94. The van der Waals surface area contributed by atoms with E-state index in [1.807, 2.05) is 0 Å². The highest BCUT2D eigenvalue weighted by atomic mass is 16.2. The Morgan fingerprint density at radius 2 is 2.17 bits per heavy atom. The Hall–Kier alpha value is -1.06. The normalized spacial score (nSPS) is 17.2. The number of hydrogen-bond acceptors (Lipinski definition) is 2.